The van der Waals surface area contributed by atoms with E-state index in [4.69, 9.17) is 39.5 Å². The minimum absolute atomic E-state index is 0.389. The van der Waals surface area contributed by atoms with E-state index in [-0.39, 0.29) is 0 Å². The summed E-state index contributed by atoms with van der Waals surface area (Å²) in [5, 5.41) is 11.2. The average Bonchev–Trinajstić information content (AvgIpc) is 2.67. The van der Waals surface area contributed by atoms with Crippen LogP contribution in [0.5, 0.6) is 5.75 Å². The summed E-state index contributed by atoms with van der Waals surface area (Å²) < 4.78 is 5.77. The molecule has 0 aliphatic rings. The fourth-order valence-corrected chi connectivity index (χ4v) is 2.94. The number of nitrogens with zero attached hydrogens (tertiary/aromatic N) is 1. The molecule has 0 aliphatic carbocycles. The van der Waals surface area contributed by atoms with Gasteiger partial charge < -0.3 is 4.74 Å². The zero-order chi connectivity index (χ0) is 19.2. The summed E-state index contributed by atoms with van der Waals surface area (Å²) in [7, 11) is 0. The van der Waals surface area contributed by atoms with Crippen molar-refractivity contribution in [3.63, 3.8) is 0 Å². The smallest absolute Gasteiger partial charge is 0.138 e. The van der Waals surface area contributed by atoms with E-state index in [2.05, 4.69) is 6.07 Å². The number of halogens is 3. The van der Waals surface area contributed by atoms with Gasteiger partial charge in [0.2, 0.25) is 0 Å². The first-order valence-electron chi connectivity index (χ1n) is 8.10. The van der Waals surface area contributed by atoms with Crippen molar-refractivity contribution < 1.29 is 4.74 Å². The Morgan fingerprint density at radius 1 is 0.889 bits per heavy atom. The summed E-state index contributed by atoms with van der Waals surface area (Å²) in [6.07, 6.45) is 1.78. The van der Waals surface area contributed by atoms with E-state index < -0.39 is 0 Å². The summed E-state index contributed by atoms with van der Waals surface area (Å²) in [4.78, 5) is 0. The molecule has 27 heavy (non-hydrogen) atoms. The van der Waals surface area contributed by atoms with Gasteiger partial charge in [-0.2, -0.15) is 5.26 Å². The van der Waals surface area contributed by atoms with Crippen molar-refractivity contribution in [1.29, 1.82) is 5.26 Å². The Labute approximate surface area is 173 Å². The van der Waals surface area contributed by atoms with Gasteiger partial charge in [-0.15, -0.1) is 0 Å². The van der Waals surface area contributed by atoms with Crippen LogP contribution in [0.4, 0.5) is 0 Å². The van der Waals surface area contributed by atoms with Crippen LogP contribution < -0.4 is 4.74 Å². The fourth-order valence-electron chi connectivity index (χ4n) is 2.44. The van der Waals surface area contributed by atoms with Gasteiger partial charge in [0.05, 0.1) is 16.7 Å². The van der Waals surface area contributed by atoms with Gasteiger partial charge in [0.25, 0.3) is 0 Å². The van der Waals surface area contributed by atoms with Crippen molar-refractivity contribution in [2.75, 3.05) is 0 Å². The third-order valence-electron chi connectivity index (χ3n) is 3.85. The lowest BCUT2D eigenvalue weighted by atomic mass is 10.0. The van der Waals surface area contributed by atoms with Crippen LogP contribution in [0, 0.1) is 11.3 Å². The largest absolute Gasteiger partial charge is 0.487 e. The molecular weight excluding hydrogens is 401 g/mol. The zero-order valence-electron chi connectivity index (χ0n) is 14.1. The van der Waals surface area contributed by atoms with Crippen LogP contribution in [-0.2, 0) is 6.61 Å². The lowest BCUT2D eigenvalue weighted by Gasteiger charge is -2.09. The molecule has 0 saturated heterocycles. The van der Waals surface area contributed by atoms with E-state index in [9.17, 15) is 5.26 Å². The van der Waals surface area contributed by atoms with Crippen LogP contribution in [0.3, 0.4) is 0 Å². The average molecular weight is 415 g/mol. The van der Waals surface area contributed by atoms with Gasteiger partial charge in [0.1, 0.15) is 12.4 Å². The van der Waals surface area contributed by atoms with Crippen molar-refractivity contribution in [2.45, 2.75) is 6.61 Å². The monoisotopic (exact) mass is 413 g/mol. The molecule has 0 radical (unpaired) electrons. The Hall–Kier alpha value is -2.44. The van der Waals surface area contributed by atoms with E-state index in [0.29, 0.717) is 33.0 Å². The van der Waals surface area contributed by atoms with E-state index in [1.54, 1.807) is 30.3 Å². The molecular formula is C22H14Cl3NO. The summed E-state index contributed by atoms with van der Waals surface area (Å²) in [5.74, 6) is 0.578. The van der Waals surface area contributed by atoms with Crippen LogP contribution in [0.25, 0.3) is 11.6 Å². The Morgan fingerprint density at radius 3 is 2.11 bits per heavy atom. The van der Waals surface area contributed by atoms with Gasteiger partial charge in [-0.1, -0.05) is 65.1 Å². The first-order chi connectivity index (χ1) is 13.0. The fraction of sp³-hybridized carbons (Fsp3) is 0.0455. The van der Waals surface area contributed by atoms with Crippen molar-refractivity contribution in [2.24, 2.45) is 0 Å². The maximum absolute atomic E-state index is 9.45. The highest BCUT2D eigenvalue weighted by Gasteiger charge is 2.06. The quantitative estimate of drug-likeness (QED) is 0.324. The van der Waals surface area contributed by atoms with E-state index in [1.165, 1.54) is 0 Å². The Morgan fingerprint density at radius 2 is 1.52 bits per heavy atom. The third-order valence-corrected chi connectivity index (χ3v) is 4.65. The number of hydrogen-bond donors (Lipinski definition) is 0. The molecule has 2 nitrogen and oxygen atoms in total. The molecule has 0 aliphatic heterocycles. The molecule has 0 aromatic heterocycles. The topological polar surface area (TPSA) is 33.0 Å². The molecule has 0 fully saturated rings. The second kappa shape index (κ2) is 8.97. The lowest BCUT2D eigenvalue weighted by Crippen LogP contribution is -1.95. The van der Waals surface area contributed by atoms with Crippen molar-refractivity contribution in [1.82, 2.24) is 0 Å². The van der Waals surface area contributed by atoms with E-state index in [1.807, 2.05) is 42.5 Å². The molecule has 0 atom stereocenters. The number of benzene rings is 3. The third kappa shape index (κ3) is 5.28. The summed E-state index contributed by atoms with van der Waals surface area (Å²) in [6, 6.07) is 22.2. The van der Waals surface area contributed by atoms with Crippen LogP contribution in [0.15, 0.2) is 66.7 Å². The molecule has 0 heterocycles. The van der Waals surface area contributed by atoms with Crippen molar-refractivity contribution in [3.05, 3.63) is 98.5 Å². The molecule has 0 N–H and O–H groups in total. The first-order valence-corrected chi connectivity index (χ1v) is 9.23. The summed E-state index contributed by atoms with van der Waals surface area (Å²) in [5.41, 5.74) is 3.12. The highest BCUT2D eigenvalue weighted by atomic mass is 35.5. The lowest BCUT2D eigenvalue weighted by molar-refractivity contribution is 0.306. The van der Waals surface area contributed by atoms with Crippen LogP contribution >= 0.6 is 34.8 Å². The number of nitriles is 1. The minimum atomic E-state index is 0.389. The van der Waals surface area contributed by atoms with Gasteiger partial charge in [0.15, 0.2) is 0 Å². The summed E-state index contributed by atoms with van der Waals surface area (Å²) >= 11 is 18.1. The predicted molar refractivity (Wildman–Crippen MR) is 112 cm³/mol. The SMILES string of the molecule is N#C/C(=C\c1ccc(OCc2ccc(Cl)cc2)c(Cl)c1)c1ccc(Cl)cc1. The second-order valence-corrected chi connectivity index (χ2v) is 7.06. The Balaban J connectivity index is 1.76. The zero-order valence-corrected chi connectivity index (χ0v) is 16.4. The maximum Gasteiger partial charge on any atom is 0.138 e. The first kappa shape index (κ1) is 19.3. The molecule has 3 aromatic rings. The van der Waals surface area contributed by atoms with Crippen LogP contribution in [-0.4, -0.2) is 0 Å². The molecule has 3 aromatic carbocycles. The van der Waals surface area contributed by atoms with Gasteiger partial charge in [0, 0.05) is 10.0 Å². The number of allylic oxidation sites excluding steroid dienone is 1. The van der Waals surface area contributed by atoms with Crippen LogP contribution in [0.1, 0.15) is 16.7 Å². The highest BCUT2D eigenvalue weighted by molar-refractivity contribution is 6.32. The minimum Gasteiger partial charge on any atom is -0.487 e. The molecule has 0 unspecified atom stereocenters. The predicted octanol–water partition coefficient (Wildman–Crippen LogP) is 7.29. The second-order valence-electron chi connectivity index (χ2n) is 5.78. The molecule has 3 rings (SSSR count). The molecule has 0 bridgehead atoms. The van der Waals surface area contributed by atoms with E-state index >= 15 is 0 Å². The molecule has 134 valence electrons. The molecule has 0 spiro atoms. The molecule has 5 heteroatoms. The van der Waals surface area contributed by atoms with Crippen molar-refractivity contribution in [3.8, 4) is 11.8 Å². The van der Waals surface area contributed by atoms with Gasteiger partial charge in [-0.3, -0.25) is 0 Å². The molecule has 0 amide bonds. The number of ether oxygens (including phenoxy) is 1. The van der Waals surface area contributed by atoms with Gasteiger partial charge >= 0.3 is 0 Å². The normalized spacial score (nSPS) is 11.1. The number of hydrogen-bond acceptors (Lipinski definition) is 2. The highest BCUT2D eigenvalue weighted by Crippen LogP contribution is 2.28. The van der Waals surface area contributed by atoms with Gasteiger partial charge in [-0.25, -0.2) is 0 Å². The Bertz CT molecular complexity index is 1000. The summed E-state index contributed by atoms with van der Waals surface area (Å²) in [6.45, 7) is 0.389. The number of rotatable bonds is 5. The van der Waals surface area contributed by atoms with Gasteiger partial charge in [-0.05, 0) is 59.2 Å². The Kier molecular flexibility index (Phi) is 6.42. The standard InChI is InChI=1S/C22H14Cl3NO/c23-19-6-1-15(2-7-19)14-27-22-10-3-16(12-21(22)25)11-18(13-26)17-4-8-20(24)9-5-17/h1-12H,14H2/b18-11+. The van der Waals surface area contributed by atoms with E-state index in [0.717, 1.165) is 16.7 Å². The van der Waals surface area contributed by atoms with Crippen LogP contribution in [0.2, 0.25) is 15.1 Å². The van der Waals surface area contributed by atoms with Crippen molar-refractivity contribution >= 4 is 46.5 Å². The molecule has 0 saturated carbocycles. The maximum atomic E-state index is 9.45.